The summed E-state index contributed by atoms with van der Waals surface area (Å²) in [6, 6.07) is 0. The summed E-state index contributed by atoms with van der Waals surface area (Å²) >= 11 is 0. The van der Waals surface area contributed by atoms with Crippen LogP contribution in [0, 0.1) is 11.5 Å². The lowest BCUT2D eigenvalue weighted by Crippen LogP contribution is -2.16. The van der Waals surface area contributed by atoms with Crippen LogP contribution in [-0.2, 0) is 12.8 Å². The highest BCUT2D eigenvalue weighted by Gasteiger charge is 2.15. The van der Waals surface area contributed by atoms with Gasteiger partial charge < -0.3 is 5.11 Å². The van der Waals surface area contributed by atoms with Crippen LogP contribution in [0.5, 0.6) is 5.88 Å². The third kappa shape index (κ3) is 2.78. The van der Waals surface area contributed by atoms with Crippen LogP contribution < -0.4 is 10.9 Å². The minimum absolute atomic E-state index is 0.0798. The topological polar surface area (TPSA) is 88.9 Å². The molecule has 0 unspecified atom stereocenters. The lowest BCUT2D eigenvalue weighted by atomic mass is 10.0. The third-order valence-corrected chi connectivity index (χ3v) is 2.73. The molecule has 0 bridgehead atoms. The van der Waals surface area contributed by atoms with Crippen LogP contribution >= 0.6 is 0 Å². The molecule has 3 N–H and O–H groups in total. The zero-order chi connectivity index (χ0) is 12.8. The average Bonchev–Trinajstić information content (AvgIpc) is 2.31. The van der Waals surface area contributed by atoms with E-state index in [9.17, 15) is 9.90 Å². The molecule has 0 atom stereocenters. The molecule has 0 saturated heterocycles. The fourth-order valence-electron chi connectivity index (χ4n) is 1.88. The van der Waals surface area contributed by atoms with Gasteiger partial charge in [0.2, 0.25) is 0 Å². The van der Waals surface area contributed by atoms with Crippen molar-refractivity contribution in [3.05, 3.63) is 21.5 Å². The SMILES string of the molecule is CCCCc1c(O)[nH]c(=O)c(NC#N)c1CC. The van der Waals surface area contributed by atoms with Crippen LogP contribution in [0.4, 0.5) is 5.69 Å². The number of nitriles is 1. The van der Waals surface area contributed by atoms with Crippen molar-refractivity contribution in [1.29, 1.82) is 5.26 Å². The average molecular weight is 235 g/mol. The normalized spacial score (nSPS) is 9.94. The van der Waals surface area contributed by atoms with Gasteiger partial charge in [0, 0.05) is 5.56 Å². The molecule has 5 nitrogen and oxygen atoms in total. The molecule has 0 fully saturated rings. The maximum Gasteiger partial charge on any atom is 0.275 e. The van der Waals surface area contributed by atoms with E-state index in [-0.39, 0.29) is 11.6 Å². The van der Waals surface area contributed by atoms with Gasteiger partial charge in [-0.05, 0) is 24.8 Å². The summed E-state index contributed by atoms with van der Waals surface area (Å²) in [7, 11) is 0. The molecule has 92 valence electrons. The Morgan fingerprint density at radius 2 is 2.12 bits per heavy atom. The maximum absolute atomic E-state index is 11.6. The summed E-state index contributed by atoms with van der Waals surface area (Å²) in [5.74, 6) is -0.0798. The van der Waals surface area contributed by atoms with E-state index < -0.39 is 5.56 Å². The lowest BCUT2D eigenvalue weighted by Gasteiger charge is -2.12. The first-order chi connectivity index (χ1) is 8.15. The standard InChI is InChI=1S/C12H17N3O2/c1-3-5-6-9-8(4-2)10(14-7-13)12(17)15-11(9)16/h14H,3-6H2,1-2H3,(H2,15,16,17). The number of unbranched alkanes of at least 4 members (excludes halogenated alkanes) is 1. The predicted molar refractivity (Wildman–Crippen MR) is 66.0 cm³/mol. The first-order valence-electron chi connectivity index (χ1n) is 5.77. The highest BCUT2D eigenvalue weighted by Crippen LogP contribution is 2.25. The summed E-state index contributed by atoms with van der Waals surface area (Å²) in [6.45, 7) is 3.95. The Kier molecular flexibility index (Phi) is 4.58. The number of aromatic amines is 1. The summed E-state index contributed by atoms with van der Waals surface area (Å²) in [5.41, 5.74) is 1.24. The van der Waals surface area contributed by atoms with E-state index in [2.05, 4.69) is 17.2 Å². The number of nitrogens with zero attached hydrogens (tertiary/aromatic N) is 1. The van der Waals surface area contributed by atoms with Gasteiger partial charge in [-0.25, -0.2) is 0 Å². The number of H-pyrrole nitrogens is 1. The molecule has 0 aliphatic heterocycles. The van der Waals surface area contributed by atoms with Crippen LogP contribution in [0.3, 0.4) is 0 Å². The van der Waals surface area contributed by atoms with Gasteiger partial charge in [-0.2, -0.15) is 5.26 Å². The van der Waals surface area contributed by atoms with Crippen molar-refractivity contribution in [3.8, 4) is 12.1 Å². The molecule has 0 aliphatic carbocycles. The van der Waals surface area contributed by atoms with Gasteiger partial charge in [-0.15, -0.1) is 0 Å². The van der Waals surface area contributed by atoms with Crippen LogP contribution in [0.2, 0.25) is 0 Å². The minimum atomic E-state index is -0.457. The number of pyridine rings is 1. The highest BCUT2D eigenvalue weighted by molar-refractivity contribution is 5.57. The number of aromatic nitrogens is 1. The smallest absolute Gasteiger partial charge is 0.275 e. The number of anilines is 1. The largest absolute Gasteiger partial charge is 0.494 e. The Morgan fingerprint density at radius 3 is 2.65 bits per heavy atom. The van der Waals surface area contributed by atoms with Gasteiger partial charge >= 0.3 is 0 Å². The molecule has 1 aromatic rings. The van der Waals surface area contributed by atoms with Crippen LogP contribution in [0.25, 0.3) is 0 Å². The number of rotatable bonds is 5. The van der Waals surface area contributed by atoms with E-state index in [4.69, 9.17) is 5.26 Å². The molecular weight excluding hydrogens is 218 g/mol. The minimum Gasteiger partial charge on any atom is -0.494 e. The van der Waals surface area contributed by atoms with Crippen LogP contribution in [0.1, 0.15) is 37.8 Å². The lowest BCUT2D eigenvalue weighted by molar-refractivity contribution is 0.442. The Labute approximate surface area is 100 Å². The number of hydrogen-bond donors (Lipinski definition) is 3. The van der Waals surface area contributed by atoms with Crippen molar-refractivity contribution in [1.82, 2.24) is 4.98 Å². The molecule has 0 saturated carbocycles. The zero-order valence-corrected chi connectivity index (χ0v) is 10.1. The second kappa shape index (κ2) is 5.94. The Balaban J connectivity index is 3.32. The van der Waals surface area contributed by atoms with Crippen LogP contribution in [0.15, 0.2) is 4.79 Å². The molecule has 17 heavy (non-hydrogen) atoms. The molecule has 1 heterocycles. The molecule has 0 amide bonds. The Bertz CT molecular complexity index is 486. The van der Waals surface area contributed by atoms with Gasteiger partial charge in [0.05, 0.1) is 0 Å². The molecule has 1 aromatic heterocycles. The number of aromatic hydroxyl groups is 1. The summed E-state index contributed by atoms with van der Waals surface area (Å²) in [4.78, 5) is 14.0. The van der Waals surface area contributed by atoms with Gasteiger partial charge in [0.1, 0.15) is 5.69 Å². The Hall–Kier alpha value is -1.96. The second-order valence-electron chi connectivity index (χ2n) is 3.83. The van der Waals surface area contributed by atoms with Gasteiger partial charge in [0.25, 0.3) is 5.56 Å². The molecule has 0 aliphatic rings. The van der Waals surface area contributed by atoms with Gasteiger partial charge in [-0.1, -0.05) is 20.3 Å². The quantitative estimate of drug-likeness (QED) is 0.537. The molecule has 5 heteroatoms. The third-order valence-electron chi connectivity index (χ3n) is 2.73. The van der Waals surface area contributed by atoms with Crippen molar-refractivity contribution in [2.24, 2.45) is 0 Å². The molecule has 0 radical (unpaired) electrons. The van der Waals surface area contributed by atoms with Crippen LogP contribution in [-0.4, -0.2) is 10.1 Å². The van der Waals surface area contributed by atoms with E-state index in [1.165, 1.54) is 0 Å². The molecule has 1 rings (SSSR count). The van der Waals surface area contributed by atoms with Crippen molar-refractivity contribution in [2.75, 3.05) is 5.32 Å². The summed E-state index contributed by atoms with van der Waals surface area (Å²) in [6.07, 6.45) is 4.98. The van der Waals surface area contributed by atoms with E-state index in [0.29, 0.717) is 12.8 Å². The molecular formula is C12H17N3O2. The van der Waals surface area contributed by atoms with Gasteiger partial charge in [-0.3, -0.25) is 15.1 Å². The van der Waals surface area contributed by atoms with Crippen molar-refractivity contribution >= 4 is 5.69 Å². The first-order valence-corrected chi connectivity index (χ1v) is 5.77. The van der Waals surface area contributed by atoms with E-state index in [0.717, 1.165) is 24.0 Å². The second-order valence-corrected chi connectivity index (χ2v) is 3.83. The zero-order valence-electron chi connectivity index (χ0n) is 10.1. The predicted octanol–water partition coefficient (Wildman–Crippen LogP) is 1.88. The van der Waals surface area contributed by atoms with Gasteiger partial charge in [0.15, 0.2) is 12.1 Å². The summed E-state index contributed by atoms with van der Waals surface area (Å²) < 4.78 is 0. The fraction of sp³-hybridized carbons (Fsp3) is 0.500. The maximum atomic E-state index is 11.6. The Morgan fingerprint density at radius 1 is 1.41 bits per heavy atom. The van der Waals surface area contributed by atoms with E-state index >= 15 is 0 Å². The highest BCUT2D eigenvalue weighted by atomic mass is 16.3. The number of hydrogen-bond acceptors (Lipinski definition) is 4. The monoisotopic (exact) mass is 235 g/mol. The first kappa shape index (κ1) is 13.1. The molecule has 0 spiro atoms. The van der Waals surface area contributed by atoms with Crippen molar-refractivity contribution < 1.29 is 5.11 Å². The summed E-state index contributed by atoms with van der Waals surface area (Å²) in [5, 5.41) is 20.8. The van der Waals surface area contributed by atoms with E-state index in [1.54, 1.807) is 6.19 Å². The van der Waals surface area contributed by atoms with E-state index in [1.807, 2.05) is 6.92 Å². The fourth-order valence-corrected chi connectivity index (χ4v) is 1.88. The molecule has 0 aromatic carbocycles. The van der Waals surface area contributed by atoms with Crippen molar-refractivity contribution in [3.63, 3.8) is 0 Å². The van der Waals surface area contributed by atoms with Crippen molar-refractivity contribution in [2.45, 2.75) is 39.5 Å². The number of nitrogens with one attached hydrogen (secondary N) is 2.